The van der Waals surface area contributed by atoms with Crippen LogP contribution >= 0.6 is 0 Å². The molecule has 0 fully saturated rings. The average molecular weight is 261 g/mol. The molecule has 19 heavy (non-hydrogen) atoms. The molecular formula is C14H19N3O2. The summed E-state index contributed by atoms with van der Waals surface area (Å²) in [7, 11) is 1.93. The summed E-state index contributed by atoms with van der Waals surface area (Å²) >= 11 is 0. The zero-order chi connectivity index (χ0) is 13.8. The van der Waals surface area contributed by atoms with Gasteiger partial charge in [-0.25, -0.2) is 0 Å². The quantitative estimate of drug-likeness (QED) is 0.896. The second-order valence-electron chi connectivity index (χ2n) is 4.58. The SMILES string of the molecule is CNC(C)c1cc(C)ccc1OCc1nc(C)no1. The van der Waals surface area contributed by atoms with Gasteiger partial charge >= 0.3 is 0 Å². The van der Waals surface area contributed by atoms with Crippen LogP contribution in [0.3, 0.4) is 0 Å². The Morgan fingerprint density at radius 2 is 2.16 bits per heavy atom. The third-order valence-corrected chi connectivity index (χ3v) is 2.99. The summed E-state index contributed by atoms with van der Waals surface area (Å²) in [5, 5.41) is 6.96. The number of nitrogens with one attached hydrogen (secondary N) is 1. The summed E-state index contributed by atoms with van der Waals surface area (Å²) in [5.74, 6) is 1.94. The van der Waals surface area contributed by atoms with Crippen molar-refractivity contribution in [1.29, 1.82) is 0 Å². The van der Waals surface area contributed by atoms with E-state index in [0.717, 1.165) is 11.3 Å². The van der Waals surface area contributed by atoms with Gasteiger partial charge in [-0.3, -0.25) is 0 Å². The fourth-order valence-corrected chi connectivity index (χ4v) is 1.83. The lowest BCUT2D eigenvalue weighted by atomic mass is 10.0. The molecule has 0 radical (unpaired) electrons. The summed E-state index contributed by atoms with van der Waals surface area (Å²) in [6, 6.07) is 6.34. The summed E-state index contributed by atoms with van der Waals surface area (Å²) in [6.45, 7) is 6.23. The third-order valence-electron chi connectivity index (χ3n) is 2.99. The minimum absolute atomic E-state index is 0.222. The molecule has 2 rings (SSSR count). The first kappa shape index (κ1) is 13.5. The van der Waals surface area contributed by atoms with Gasteiger partial charge in [-0.2, -0.15) is 4.98 Å². The Hall–Kier alpha value is -1.88. The van der Waals surface area contributed by atoms with Gasteiger partial charge in [0.15, 0.2) is 12.4 Å². The van der Waals surface area contributed by atoms with Crippen LogP contribution < -0.4 is 10.1 Å². The zero-order valence-corrected chi connectivity index (χ0v) is 11.7. The zero-order valence-electron chi connectivity index (χ0n) is 11.7. The molecule has 5 nitrogen and oxygen atoms in total. The van der Waals surface area contributed by atoms with E-state index in [4.69, 9.17) is 9.26 Å². The topological polar surface area (TPSA) is 60.2 Å². The normalized spacial score (nSPS) is 12.4. The number of aromatic nitrogens is 2. The van der Waals surface area contributed by atoms with Crippen LogP contribution in [0.25, 0.3) is 0 Å². The third kappa shape index (κ3) is 3.32. The smallest absolute Gasteiger partial charge is 0.264 e. The molecule has 0 saturated heterocycles. The second kappa shape index (κ2) is 5.84. The van der Waals surface area contributed by atoms with E-state index in [-0.39, 0.29) is 12.6 Å². The fourth-order valence-electron chi connectivity index (χ4n) is 1.83. The van der Waals surface area contributed by atoms with Gasteiger partial charge < -0.3 is 14.6 Å². The van der Waals surface area contributed by atoms with E-state index in [1.807, 2.05) is 19.2 Å². The molecule has 2 aromatic rings. The van der Waals surface area contributed by atoms with Gasteiger partial charge in [0.2, 0.25) is 0 Å². The first-order valence-corrected chi connectivity index (χ1v) is 6.30. The first-order valence-electron chi connectivity index (χ1n) is 6.30. The molecule has 0 aliphatic carbocycles. The predicted molar refractivity (Wildman–Crippen MR) is 72.0 cm³/mol. The molecule has 1 atom stereocenters. The number of hydrogen-bond donors (Lipinski definition) is 1. The van der Waals surface area contributed by atoms with Gasteiger partial charge in [0.1, 0.15) is 5.75 Å². The Balaban J connectivity index is 2.15. The number of aryl methyl sites for hydroxylation is 2. The Bertz CT molecular complexity index is 551. The number of benzene rings is 1. The Labute approximate surface area is 113 Å². The van der Waals surface area contributed by atoms with Crippen molar-refractivity contribution in [2.24, 2.45) is 0 Å². The number of nitrogens with zero attached hydrogens (tertiary/aromatic N) is 2. The van der Waals surface area contributed by atoms with Crippen LogP contribution in [0.1, 0.15) is 35.8 Å². The van der Waals surface area contributed by atoms with Crippen LogP contribution in [0.2, 0.25) is 0 Å². The molecule has 0 spiro atoms. The van der Waals surface area contributed by atoms with E-state index >= 15 is 0 Å². The van der Waals surface area contributed by atoms with Crippen LogP contribution in [0, 0.1) is 13.8 Å². The van der Waals surface area contributed by atoms with E-state index in [0.29, 0.717) is 11.7 Å². The van der Waals surface area contributed by atoms with Crippen molar-refractivity contribution in [1.82, 2.24) is 15.5 Å². The van der Waals surface area contributed by atoms with Crippen molar-refractivity contribution in [3.05, 3.63) is 41.0 Å². The Morgan fingerprint density at radius 3 is 2.79 bits per heavy atom. The van der Waals surface area contributed by atoms with Crippen LogP contribution in [0.5, 0.6) is 5.75 Å². The predicted octanol–water partition coefficient (Wildman–Crippen LogP) is 2.55. The number of ether oxygens (including phenoxy) is 1. The lowest BCUT2D eigenvalue weighted by Crippen LogP contribution is -2.14. The van der Waals surface area contributed by atoms with E-state index in [1.165, 1.54) is 5.56 Å². The largest absolute Gasteiger partial charge is 0.483 e. The first-order chi connectivity index (χ1) is 9.10. The van der Waals surface area contributed by atoms with Crippen molar-refractivity contribution in [2.75, 3.05) is 7.05 Å². The summed E-state index contributed by atoms with van der Waals surface area (Å²) in [6.07, 6.45) is 0. The molecule has 0 aliphatic rings. The highest BCUT2D eigenvalue weighted by Crippen LogP contribution is 2.26. The van der Waals surface area contributed by atoms with Crippen molar-refractivity contribution in [3.8, 4) is 5.75 Å². The molecule has 1 aromatic carbocycles. The maximum Gasteiger partial charge on any atom is 0.264 e. The maximum absolute atomic E-state index is 5.78. The molecule has 5 heteroatoms. The van der Waals surface area contributed by atoms with Crippen LogP contribution in [-0.2, 0) is 6.61 Å². The average Bonchev–Trinajstić information content (AvgIpc) is 2.82. The molecule has 0 amide bonds. The fraction of sp³-hybridized carbons (Fsp3) is 0.429. The van der Waals surface area contributed by atoms with E-state index in [1.54, 1.807) is 6.92 Å². The summed E-state index contributed by atoms with van der Waals surface area (Å²) in [4.78, 5) is 4.12. The Morgan fingerprint density at radius 1 is 1.37 bits per heavy atom. The monoisotopic (exact) mass is 261 g/mol. The van der Waals surface area contributed by atoms with Crippen LogP contribution in [0.4, 0.5) is 0 Å². The highest BCUT2D eigenvalue weighted by molar-refractivity contribution is 5.38. The number of rotatable bonds is 5. The van der Waals surface area contributed by atoms with Gasteiger partial charge in [-0.1, -0.05) is 22.9 Å². The van der Waals surface area contributed by atoms with Gasteiger partial charge in [-0.15, -0.1) is 0 Å². The molecule has 1 N–H and O–H groups in total. The molecule has 0 bridgehead atoms. The van der Waals surface area contributed by atoms with Crippen molar-refractivity contribution in [2.45, 2.75) is 33.4 Å². The van der Waals surface area contributed by atoms with E-state index in [9.17, 15) is 0 Å². The lowest BCUT2D eigenvalue weighted by Gasteiger charge is -2.16. The lowest BCUT2D eigenvalue weighted by molar-refractivity contribution is 0.239. The minimum Gasteiger partial charge on any atom is -0.483 e. The standard InChI is InChI=1S/C14H19N3O2/c1-9-5-6-13(12(7-9)10(2)15-4)18-8-14-16-11(3)17-19-14/h5-7,10,15H,8H2,1-4H3. The maximum atomic E-state index is 5.78. The molecule has 102 valence electrons. The van der Waals surface area contributed by atoms with E-state index < -0.39 is 0 Å². The molecule has 0 saturated carbocycles. The van der Waals surface area contributed by atoms with Gasteiger partial charge in [0, 0.05) is 11.6 Å². The second-order valence-corrected chi connectivity index (χ2v) is 4.58. The van der Waals surface area contributed by atoms with Crippen molar-refractivity contribution < 1.29 is 9.26 Å². The highest BCUT2D eigenvalue weighted by Gasteiger charge is 2.12. The molecular weight excluding hydrogens is 242 g/mol. The van der Waals surface area contributed by atoms with Gasteiger partial charge in [-0.05, 0) is 33.9 Å². The Kier molecular flexibility index (Phi) is 4.16. The minimum atomic E-state index is 0.222. The molecule has 1 heterocycles. The van der Waals surface area contributed by atoms with E-state index in [2.05, 4.69) is 35.4 Å². The van der Waals surface area contributed by atoms with Crippen LogP contribution in [0.15, 0.2) is 22.7 Å². The van der Waals surface area contributed by atoms with Crippen molar-refractivity contribution in [3.63, 3.8) is 0 Å². The highest BCUT2D eigenvalue weighted by atomic mass is 16.5. The molecule has 0 aliphatic heterocycles. The van der Waals surface area contributed by atoms with Crippen molar-refractivity contribution >= 4 is 0 Å². The molecule has 1 unspecified atom stereocenters. The summed E-state index contributed by atoms with van der Waals surface area (Å²) in [5.41, 5.74) is 2.33. The summed E-state index contributed by atoms with van der Waals surface area (Å²) < 4.78 is 10.8. The van der Waals surface area contributed by atoms with Crippen LogP contribution in [-0.4, -0.2) is 17.2 Å². The van der Waals surface area contributed by atoms with Gasteiger partial charge in [0.25, 0.3) is 5.89 Å². The molecule has 1 aromatic heterocycles. The number of hydrogen-bond acceptors (Lipinski definition) is 5. The van der Waals surface area contributed by atoms with Gasteiger partial charge in [0.05, 0.1) is 0 Å².